The normalized spacial score (nSPS) is 19.2. The van der Waals surface area contributed by atoms with Gasteiger partial charge in [-0.15, -0.1) is 0 Å². The lowest BCUT2D eigenvalue weighted by Crippen LogP contribution is -2.39. The minimum Gasteiger partial charge on any atom is -0.493 e. The van der Waals surface area contributed by atoms with Crippen molar-refractivity contribution in [2.45, 2.75) is 32.7 Å². The predicted molar refractivity (Wildman–Crippen MR) is 84.6 cm³/mol. The Morgan fingerprint density at radius 1 is 1.36 bits per heavy atom. The second-order valence-electron chi connectivity index (χ2n) is 6.67. The lowest BCUT2D eigenvalue weighted by atomic mass is 10.1. The van der Waals surface area contributed by atoms with Gasteiger partial charge in [-0.1, -0.05) is 0 Å². The molecule has 1 heterocycles. The Kier molecular flexibility index (Phi) is 4.90. The van der Waals surface area contributed by atoms with Crippen LogP contribution in [0.1, 0.15) is 27.2 Å². The van der Waals surface area contributed by atoms with Gasteiger partial charge in [0.2, 0.25) is 0 Å². The van der Waals surface area contributed by atoms with E-state index in [1.54, 1.807) is 6.07 Å². The highest BCUT2D eigenvalue weighted by Crippen LogP contribution is 2.32. The number of nitrogens with zero attached hydrogens (tertiary/aromatic N) is 2. The molecule has 6 nitrogen and oxygen atoms in total. The van der Waals surface area contributed by atoms with Gasteiger partial charge < -0.3 is 9.47 Å². The molecule has 2 rings (SSSR count). The van der Waals surface area contributed by atoms with E-state index in [0.717, 1.165) is 19.5 Å². The zero-order valence-corrected chi connectivity index (χ0v) is 13.7. The molecule has 1 saturated heterocycles. The van der Waals surface area contributed by atoms with E-state index in [0.29, 0.717) is 24.0 Å². The fraction of sp³-hybridized carbons (Fsp3) is 0.625. The van der Waals surface area contributed by atoms with Crippen LogP contribution in [0.15, 0.2) is 18.2 Å². The molecule has 0 aromatic heterocycles. The summed E-state index contributed by atoms with van der Waals surface area (Å²) in [7, 11) is 1.53. The van der Waals surface area contributed by atoms with E-state index >= 15 is 0 Å². The van der Waals surface area contributed by atoms with Gasteiger partial charge in [-0.3, -0.25) is 15.0 Å². The quantitative estimate of drug-likeness (QED) is 0.618. The Balaban J connectivity index is 2.00. The van der Waals surface area contributed by atoms with E-state index in [2.05, 4.69) is 25.7 Å². The van der Waals surface area contributed by atoms with Gasteiger partial charge >= 0.3 is 0 Å². The molecule has 1 unspecified atom stereocenters. The fourth-order valence-electron chi connectivity index (χ4n) is 2.68. The summed E-state index contributed by atoms with van der Waals surface area (Å²) in [5, 5.41) is 10.9. The Hall–Kier alpha value is -1.82. The number of non-ortho nitro benzene ring substituents is 1. The van der Waals surface area contributed by atoms with Crippen LogP contribution in [0.5, 0.6) is 11.5 Å². The molecule has 0 radical (unpaired) electrons. The first kappa shape index (κ1) is 16.5. The zero-order chi connectivity index (χ0) is 16.3. The first-order valence-corrected chi connectivity index (χ1v) is 7.51. The summed E-state index contributed by atoms with van der Waals surface area (Å²) < 4.78 is 11.0. The maximum absolute atomic E-state index is 10.9. The topological polar surface area (TPSA) is 64.8 Å². The molecule has 0 spiro atoms. The Bertz CT molecular complexity index is 539. The molecule has 0 N–H and O–H groups in total. The van der Waals surface area contributed by atoms with Gasteiger partial charge in [0.25, 0.3) is 5.69 Å². The van der Waals surface area contributed by atoms with Crippen LogP contribution in [-0.4, -0.2) is 42.2 Å². The molecule has 22 heavy (non-hydrogen) atoms. The van der Waals surface area contributed by atoms with Crippen molar-refractivity contribution in [1.29, 1.82) is 0 Å². The van der Waals surface area contributed by atoms with E-state index in [-0.39, 0.29) is 11.2 Å². The van der Waals surface area contributed by atoms with E-state index in [1.165, 1.54) is 19.2 Å². The molecule has 1 atom stereocenters. The molecule has 1 aliphatic heterocycles. The number of hydrogen-bond acceptors (Lipinski definition) is 5. The van der Waals surface area contributed by atoms with Crippen LogP contribution in [0.3, 0.4) is 0 Å². The molecule has 122 valence electrons. The number of ether oxygens (including phenoxy) is 2. The first-order chi connectivity index (χ1) is 10.3. The van der Waals surface area contributed by atoms with E-state index in [9.17, 15) is 10.1 Å². The summed E-state index contributed by atoms with van der Waals surface area (Å²) in [5.41, 5.74) is 0.177. The summed E-state index contributed by atoms with van der Waals surface area (Å²) in [6, 6.07) is 4.42. The molecular formula is C16H24N2O4. The molecule has 1 aliphatic rings. The van der Waals surface area contributed by atoms with Gasteiger partial charge in [0, 0.05) is 24.1 Å². The largest absolute Gasteiger partial charge is 0.493 e. The van der Waals surface area contributed by atoms with Crippen molar-refractivity contribution in [2.75, 3.05) is 26.8 Å². The van der Waals surface area contributed by atoms with Crippen molar-refractivity contribution < 1.29 is 14.4 Å². The van der Waals surface area contributed by atoms with Gasteiger partial charge in [-0.05, 0) is 39.8 Å². The number of benzene rings is 1. The van der Waals surface area contributed by atoms with E-state index < -0.39 is 4.92 Å². The highest BCUT2D eigenvalue weighted by Gasteiger charge is 2.30. The van der Waals surface area contributed by atoms with E-state index in [4.69, 9.17) is 9.47 Å². The molecule has 1 aromatic carbocycles. The predicted octanol–water partition coefficient (Wildman–Crippen LogP) is 3.10. The Labute approximate surface area is 131 Å². The number of rotatable bonds is 5. The minimum atomic E-state index is -0.427. The van der Waals surface area contributed by atoms with Crippen molar-refractivity contribution in [1.82, 2.24) is 4.90 Å². The van der Waals surface area contributed by atoms with Gasteiger partial charge in [-0.2, -0.15) is 0 Å². The monoisotopic (exact) mass is 308 g/mol. The number of methoxy groups -OCH3 is 1. The van der Waals surface area contributed by atoms with Crippen LogP contribution in [0.25, 0.3) is 0 Å². The second-order valence-corrected chi connectivity index (χ2v) is 6.67. The van der Waals surface area contributed by atoms with Crippen molar-refractivity contribution in [2.24, 2.45) is 5.92 Å². The fourth-order valence-corrected chi connectivity index (χ4v) is 2.68. The van der Waals surface area contributed by atoms with Gasteiger partial charge in [-0.25, -0.2) is 0 Å². The van der Waals surface area contributed by atoms with E-state index in [1.807, 2.05) is 0 Å². The SMILES string of the molecule is COc1ccc([N+](=O)[O-])cc1OCC1CCN(C(C)(C)C)C1. The van der Waals surface area contributed by atoms with Gasteiger partial charge in [0.1, 0.15) is 0 Å². The first-order valence-electron chi connectivity index (χ1n) is 7.51. The average Bonchev–Trinajstić information content (AvgIpc) is 2.93. The molecule has 1 fully saturated rings. The van der Waals surface area contributed by atoms with Crippen LogP contribution >= 0.6 is 0 Å². The Morgan fingerprint density at radius 2 is 2.09 bits per heavy atom. The van der Waals surface area contributed by atoms with Crippen molar-refractivity contribution in [3.63, 3.8) is 0 Å². The molecule has 6 heteroatoms. The molecule has 0 aliphatic carbocycles. The maximum atomic E-state index is 10.9. The van der Waals surface area contributed by atoms with Crippen LogP contribution in [0.4, 0.5) is 5.69 Å². The summed E-state index contributed by atoms with van der Waals surface area (Å²) in [5.74, 6) is 1.39. The lowest BCUT2D eigenvalue weighted by molar-refractivity contribution is -0.385. The maximum Gasteiger partial charge on any atom is 0.273 e. The van der Waals surface area contributed by atoms with Gasteiger partial charge in [0.05, 0.1) is 24.7 Å². The number of nitro groups is 1. The Morgan fingerprint density at radius 3 is 2.64 bits per heavy atom. The van der Waals surface area contributed by atoms with Crippen LogP contribution in [0, 0.1) is 16.0 Å². The molecule has 1 aromatic rings. The van der Waals surface area contributed by atoms with Crippen molar-refractivity contribution in [3.8, 4) is 11.5 Å². The van der Waals surface area contributed by atoms with Gasteiger partial charge in [0.15, 0.2) is 11.5 Å². The summed E-state index contributed by atoms with van der Waals surface area (Å²) in [6.07, 6.45) is 1.08. The lowest BCUT2D eigenvalue weighted by Gasteiger charge is -2.31. The number of nitro benzene ring substituents is 1. The molecule has 0 amide bonds. The molecule has 0 saturated carbocycles. The highest BCUT2D eigenvalue weighted by molar-refractivity contribution is 5.48. The van der Waals surface area contributed by atoms with Crippen LogP contribution in [-0.2, 0) is 0 Å². The van der Waals surface area contributed by atoms with Crippen molar-refractivity contribution in [3.05, 3.63) is 28.3 Å². The average molecular weight is 308 g/mol. The summed E-state index contributed by atoms with van der Waals surface area (Å²) >= 11 is 0. The number of hydrogen-bond donors (Lipinski definition) is 0. The third kappa shape index (κ3) is 3.88. The van der Waals surface area contributed by atoms with Crippen LogP contribution < -0.4 is 9.47 Å². The second kappa shape index (κ2) is 6.52. The summed E-state index contributed by atoms with van der Waals surface area (Å²) in [4.78, 5) is 12.9. The smallest absolute Gasteiger partial charge is 0.273 e. The zero-order valence-electron chi connectivity index (χ0n) is 13.7. The summed E-state index contributed by atoms with van der Waals surface area (Å²) in [6.45, 7) is 9.22. The van der Waals surface area contributed by atoms with Crippen LogP contribution in [0.2, 0.25) is 0 Å². The third-order valence-electron chi connectivity index (χ3n) is 4.07. The molecule has 0 bridgehead atoms. The van der Waals surface area contributed by atoms with Crippen molar-refractivity contribution >= 4 is 5.69 Å². The highest BCUT2D eigenvalue weighted by atomic mass is 16.6. The standard InChI is InChI=1S/C16H24N2O4/c1-16(2,3)17-8-7-12(10-17)11-22-15-9-13(18(19)20)5-6-14(15)21-4/h5-6,9,12H,7-8,10-11H2,1-4H3. The third-order valence-corrected chi connectivity index (χ3v) is 4.07. The minimum absolute atomic E-state index is 0.0125. The molecular weight excluding hydrogens is 284 g/mol. The number of likely N-dealkylation sites (tertiary alicyclic amines) is 1.